The number of carbonyl (C=O) groups is 1. The Balaban J connectivity index is 1.89. The first kappa shape index (κ1) is 16.3. The summed E-state index contributed by atoms with van der Waals surface area (Å²) in [6, 6.07) is 9.72. The van der Waals surface area contributed by atoms with E-state index in [-0.39, 0.29) is 24.1 Å². The van der Waals surface area contributed by atoms with Crippen molar-refractivity contribution >= 4 is 27.6 Å². The summed E-state index contributed by atoms with van der Waals surface area (Å²) < 4.78 is 23.1. The molecule has 1 aromatic rings. The Labute approximate surface area is 129 Å². The van der Waals surface area contributed by atoms with Gasteiger partial charge in [-0.2, -0.15) is 0 Å². The van der Waals surface area contributed by atoms with Gasteiger partial charge in [0.25, 0.3) is 0 Å². The fourth-order valence-electron chi connectivity index (χ4n) is 2.43. The first-order valence-corrected chi connectivity index (χ1v) is 9.61. The van der Waals surface area contributed by atoms with E-state index in [2.05, 4.69) is 0 Å². The number of carboxylic acid groups (broad SMARTS) is 1. The molecule has 0 spiro atoms. The molecule has 1 unspecified atom stereocenters. The second kappa shape index (κ2) is 7.29. The summed E-state index contributed by atoms with van der Waals surface area (Å²) in [5.41, 5.74) is 0. The number of thioether (sulfide) groups is 1. The molecule has 1 heterocycles. The van der Waals surface area contributed by atoms with Crippen molar-refractivity contribution in [3.05, 3.63) is 30.3 Å². The van der Waals surface area contributed by atoms with E-state index in [4.69, 9.17) is 5.11 Å². The van der Waals surface area contributed by atoms with Crippen molar-refractivity contribution in [2.24, 2.45) is 0 Å². The number of hydrogen-bond acceptors (Lipinski definition) is 5. The molecular weight excluding hydrogens is 310 g/mol. The van der Waals surface area contributed by atoms with Crippen LogP contribution in [0.4, 0.5) is 0 Å². The molecule has 5 nitrogen and oxygen atoms in total. The van der Waals surface area contributed by atoms with Crippen LogP contribution in [0.15, 0.2) is 35.2 Å². The van der Waals surface area contributed by atoms with Gasteiger partial charge in [0.05, 0.1) is 18.1 Å². The van der Waals surface area contributed by atoms with Gasteiger partial charge in [-0.05, 0) is 18.6 Å². The largest absolute Gasteiger partial charge is 0.480 e. The van der Waals surface area contributed by atoms with Crippen molar-refractivity contribution in [2.45, 2.75) is 17.4 Å². The molecule has 2 rings (SSSR count). The Morgan fingerprint density at radius 3 is 2.62 bits per heavy atom. The van der Waals surface area contributed by atoms with Crippen LogP contribution in [0.25, 0.3) is 0 Å². The second-order valence-electron chi connectivity index (χ2n) is 5.08. The van der Waals surface area contributed by atoms with Crippen LogP contribution in [0.1, 0.15) is 6.42 Å². The van der Waals surface area contributed by atoms with Gasteiger partial charge in [0.1, 0.15) is 0 Å². The predicted octanol–water partition coefficient (Wildman–Crippen LogP) is 1.35. The molecule has 21 heavy (non-hydrogen) atoms. The second-order valence-corrected chi connectivity index (χ2v) is 8.48. The Bertz CT molecular complexity index is 574. The predicted molar refractivity (Wildman–Crippen MR) is 83.4 cm³/mol. The molecule has 1 fully saturated rings. The zero-order valence-corrected chi connectivity index (χ0v) is 13.3. The average Bonchev–Trinajstić information content (AvgIpc) is 2.79. The van der Waals surface area contributed by atoms with E-state index in [0.29, 0.717) is 13.0 Å². The van der Waals surface area contributed by atoms with Crippen LogP contribution in [0.2, 0.25) is 0 Å². The van der Waals surface area contributed by atoms with Crippen LogP contribution in [0.3, 0.4) is 0 Å². The van der Waals surface area contributed by atoms with Crippen molar-refractivity contribution in [1.29, 1.82) is 0 Å². The van der Waals surface area contributed by atoms with Gasteiger partial charge in [0.2, 0.25) is 0 Å². The van der Waals surface area contributed by atoms with Crippen LogP contribution in [-0.2, 0) is 14.6 Å². The standard InChI is InChI=1S/C14H19NO4S2/c16-14(17)10-15(12-6-9-21(18,19)11-12)7-8-20-13-4-2-1-3-5-13/h1-5,12H,6-11H2,(H,16,17). The van der Waals surface area contributed by atoms with E-state index >= 15 is 0 Å². The highest BCUT2D eigenvalue weighted by molar-refractivity contribution is 7.99. The molecule has 7 heteroatoms. The molecular formula is C14H19NO4S2. The molecule has 0 saturated carbocycles. The number of hydrogen-bond donors (Lipinski definition) is 1. The molecule has 1 saturated heterocycles. The number of sulfone groups is 1. The Morgan fingerprint density at radius 2 is 2.05 bits per heavy atom. The monoisotopic (exact) mass is 329 g/mol. The number of aliphatic carboxylic acids is 1. The average molecular weight is 329 g/mol. The summed E-state index contributed by atoms with van der Waals surface area (Å²) in [5, 5.41) is 8.99. The zero-order chi connectivity index (χ0) is 15.3. The maximum absolute atomic E-state index is 11.5. The summed E-state index contributed by atoms with van der Waals surface area (Å²) in [4.78, 5) is 13.9. The van der Waals surface area contributed by atoms with Crippen LogP contribution >= 0.6 is 11.8 Å². The van der Waals surface area contributed by atoms with Gasteiger partial charge >= 0.3 is 5.97 Å². The molecule has 1 atom stereocenters. The molecule has 1 aliphatic rings. The molecule has 0 amide bonds. The molecule has 0 aromatic heterocycles. The fourth-order valence-corrected chi connectivity index (χ4v) is 5.10. The van der Waals surface area contributed by atoms with Crippen molar-refractivity contribution in [3.8, 4) is 0 Å². The van der Waals surface area contributed by atoms with E-state index in [0.717, 1.165) is 10.6 Å². The molecule has 116 valence electrons. The minimum Gasteiger partial charge on any atom is -0.480 e. The molecule has 0 radical (unpaired) electrons. The van der Waals surface area contributed by atoms with Gasteiger partial charge in [-0.15, -0.1) is 11.8 Å². The Hall–Kier alpha value is -1.05. The maximum Gasteiger partial charge on any atom is 0.317 e. The summed E-state index contributed by atoms with van der Waals surface area (Å²) in [5.74, 6) is 0.0769. The van der Waals surface area contributed by atoms with Gasteiger partial charge in [0.15, 0.2) is 9.84 Å². The molecule has 1 N–H and O–H groups in total. The minimum absolute atomic E-state index is 0.0796. The number of nitrogens with zero attached hydrogens (tertiary/aromatic N) is 1. The van der Waals surface area contributed by atoms with Gasteiger partial charge < -0.3 is 5.11 Å². The first-order valence-electron chi connectivity index (χ1n) is 6.80. The first-order chi connectivity index (χ1) is 9.96. The lowest BCUT2D eigenvalue weighted by atomic mass is 10.2. The van der Waals surface area contributed by atoms with Crippen molar-refractivity contribution in [2.75, 3.05) is 30.3 Å². The highest BCUT2D eigenvalue weighted by atomic mass is 32.2. The van der Waals surface area contributed by atoms with Crippen molar-refractivity contribution < 1.29 is 18.3 Å². The minimum atomic E-state index is -2.99. The number of rotatable bonds is 7. The van der Waals surface area contributed by atoms with E-state index < -0.39 is 15.8 Å². The van der Waals surface area contributed by atoms with Crippen LogP contribution < -0.4 is 0 Å². The zero-order valence-electron chi connectivity index (χ0n) is 11.6. The van der Waals surface area contributed by atoms with E-state index in [1.54, 1.807) is 16.7 Å². The van der Waals surface area contributed by atoms with E-state index in [1.165, 1.54) is 0 Å². The topological polar surface area (TPSA) is 74.7 Å². The van der Waals surface area contributed by atoms with Crippen LogP contribution in [-0.4, -0.2) is 60.8 Å². The lowest BCUT2D eigenvalue weighted by molar-refractivity contribution is -0.138. The molecule has 1 aliphatic heterocycles. The van der Waals surface area contributed by atoms with E-state index in [9.17, 15) is 13.2 Å². The van der Waals surface area contributed by atoms with Crippen LogP contribution in [0.5, 0.6) is 0 Å². The highest BCUT2D eigenvalue weighted by Crippen LogP contribution is 2.20. The summed E-state index contributed by atoms with van der Waals surface area (Å²) >= 11 is 1.65. The normalized spacial score (nSPS) is 20.7. The van der Waals surface area contributed by atoms with E-state index in [1.807, 2.05) is 30.3 Å². The smallest absolute Gasteiger partial charge is 0.317 e. The molecule has 0 bridgehead atoms. The third-order valence-electron chi connectivity index (χ3n) is 3.45. The SMILES string of the molecule is O=C(O)CN(CCSc1ccccc1)C1CCS(=O)(=O)C1. The third kappa shape index (κ3) is 5.33. The summed E-state index contributed by atoms with van der Waals surface area (Å²) in [6.45, 7) is 0.474. The summed E-state index contributed by atoms with van der Waals surface area (Å²) in [7, 11) is -2.99. The Kier molecular flexibility index (Phi) is 5.66. The summed E-state index contributed by atoms with van der Waals surface area (Å²) in [6.07, 6.45) is 0.533. The third-order valence-corrected chi connectivity index (χ3v) is 6.20. The number of benzene rings is 1. The molecule has 0 aliphatic carbocycles. The maximum atomic E-state index is 11.5. The van der Waals surface area contributed by atoms with Gasteiger partial charge in [-0.3, -0.25) is 9.69 Å². The van der Waals surface area contributed by atoms with Crippen molar-refractivity contribution in [1.82, 2.24) is 4.90 Å². The van der Waals surface area contributed by atoms with Gasteiger partial charge in [-0.25, -0.2) is 8.42 Å². The highest BCUT2D eigenvalue weighted by Gasteiger charge is 2.32. The molecule has 1 aromatic carbocycles. The lowest BCUT2D eigenvalue weighted by Gasteiger charge is -2.25. The lowest BCUT2D eigenvalue weighted by Crippen LogP contribution is -2.41. The fraction of sp³-hybridized carbons (Fsp3) is 0.500. The Morgan fingerprint density at radius 1 is 1.33 bits per heavy atom. The number of carboxylic acids is 1. The van der Waals surface area contributed by atoms with Gasteiger partial charge in [-0.1, -0.05) is 18.2 Å². The van der Waals surface area contributed by atoms with Crippen molar-refractivity contribution in [3.63, 3.8) is 0 Å². The van der Waals surface area contributed by atoms with Crippen LogP contribution in [0, 0.1) is 0 Å². The van der Waals surface area contributed by atoms with Gasteiger partial charge in [0, 0.05) is 23.2 Å². The quantitative estimate of drug-likeness (QED) is 0.761.